The first-order valence-electron chi connectivity index (χ1n) is 2.53. The molecule has 0 aromatic carbocycles. The summed E-state index contributed by atoms with van der Waals surface area (Å²) in [6.07, 6.45) is 0. The number of hydrogen-bond donors (Lipinski definition) is 0. The van der Waals surface area contributed by atoms with Gasteiger partial charge >= 0.3 is 0 Å². The molecule has 2 heteroatoms. The molecule has 1 rings (SSSR count). The van der Waals surface area contributed by atoms with Gasteiger partial charge in [0.15, 0.2) is 0 Å². The number of hydrogen-bond acceptors (Lipinski definition) is 2. The van der Waals surface area contributed by atoms with E-state index in [1.54, 1.807) is 0 Å². The maximum atomic E-state index is 3.82. The lowest BCUT2D eigenvalue weighted by molar-refractivity contribution is 0.411. The molecule has 0 saturated carbocycles. The van der Waals surface area contributed by atoms with E-state index in [1.807, 2.05) is 11.8 Å². The van der Waals surface area contributed by atoms with Gasteiger partial charge in [-0.25, -0.2) is 0 Å². The van der Waals surface area contributed by atoms with Gasteiger partial charge in [0, 0.05) is 31.6 Å². The molecule has 0 aromatic heterocycles. The van der Waals surface area contributed by atoms with Crippen molar-refractivity contribution in [2.75, 3.05) is 24.6 Å². The third-order valence-electron chi connectivity index (χ3n) is 1.10. The van der Waals surface area contributed by atoms with Crippen LogP contribution in [-0.2, 0) is 0 Å². The highest BCUT2D eigenvalue weighted by Gasteiger charge is 2.02. The van der Waals surface area contributed by atoms with Crippen LogP contribution in [0.5, 0.6) is 0 Å². The van der Waals surface area contributed by atoms with Crippen LogP contribution in [0.1, 0.15) is 0 Å². The molecule has 7 heavy (non-hydrogen) atoms. The largest absolute Gasteiger partial charge is 0.300 e. The summed E-state index contributed by atoms with van der Waals surface area (Å²) >= 11 is 2.02. The van der Waals surface area contributed by atoms with Gasteiger partial charge in [0.05, 0.1) is 0 Å². The summed E-state index contributed by atoms with van der Waals surface area (Å²) in [5, 5.41) is 0. The van der Waals surface area contributed by atoms with E-state index in [2.05, 4.69) is 11.9 Å². The van der Waals surface area contributed by atoms with Crippen molar-refractivity contribution in [3.63, 3.8) is 0 Å². The summed E-state index contributed by atoms with van der Waals surface area (Å²) in [7, 11) is 3.82. The van der Waals surface area contributed by atoms with Crippen molar-refractivity contribution in [1.29, 1.82) is 0 Å². The maximum Gasteiger partial charge on any atom is 0.0110 e. The molecule has 0 amide bonds. The topological polar surface area (TPSA) is 3.24 Å². The van der Waals surface area contributed by atoms with E-state index < -0.39 is 0 Å². The van der Waals surface area contributed by atoms with Crippen LogP contribution >= 0.6 is 11.8 Å². The monoisotopic (exact) mass is 116 g/mol. The van der Waals surface area contributed by atoms with E-state index in [9.17, 15) is 0 Å². The van der Waals surface area contributed by atoms with Crippen molar-refractivity contribution >= 4 is 11.8 Å². The minimum Gasteiger partial charge on any atom is -0.300 e. The Balaban J connectivity index is 2.12. The van der Waals surface area contributed by atoms with E-state index in [1.165, 1.54) is 24.6 Å². The predicted molar refractivity (Wildman–Crippen MR) is 34.3 cm³/mol. The van der Waals surface area contributed by atoms with Crippen LogP contribution in [0, 0.1) is 7.05 Å². The first kappa shape index (κ1) is 5.45. The fourth-order valence-electron chi connectivity index (χ4n) is 0.601. The molecule has 1 saturated heterocycles. The summed E-state index contributed by atoms with van der Waals surface area (Å²) < 4.78 is 0. The highest BCUT2D eigenvalue weighted by atomic mass is 32.2. The lowest BCUT2D eigenvalue weighted by Gasteiger charge is -2.20. The molecule has 1 aliphatic heterocycles. The lowest BCUT2D eigenvalue weighted by Crippen LogP contribution is -2.26. The van der Waals surface area contributed by atoms with E-state index in [0.717, 1.165) is 0 Å². The first-order chi connectivity index (χ1) is 3.39. The Hall–Kier alpha value is 0.310. The van der Waals surface area contributed by atoms with Crippen molar-refractivity contribution in [1.82, 2.24) is 4.90 Å². The minimum atomic E-state index is 1.17. The lowest BCUT2D eigenvalue weighted by atomic mass is 10.6. The minimum absolute atomic E-state index is 1.17. The Morgan fingerprint density at radius 2 is 1.86 bits per heavy atom. The van der Waals surface area contributed by atoms with Gasteiger partial charge in [0.1, 0.15) is 0 Å². The number of nitrogens with zero attached hydrogens (tertiary/aromatic N) is 1. The molecule has 0 atom stereocenters. The Morgan fingerprint density at radius 3 is 2.14 bits per heavy atom. The normalized spacial score (nSPS) is 25.3. The van der Waals surface area contributed by atoms with Crippen LogP contribution in [0.3, 0.4) is 0 Å². The SMILES string of the molecule is [CH2]N1CCSCC1. The molecule has 1 fully saturated rings. The zero-order chi connectivity index (χ0) is 5.11. The average molecular weight is 116 g/mol. The fraction of sp³-hybridized carbons (Fsp3) is 0.800. The Labute approximate surface area is 49.1 Å². The molecule has 41 valence electrons. The Bertz CT molecular complexity index is 50.0. The second-order valence-electron chi connectivity index (χ2n) is 1.73. The van der Waals surface area contributed by atoms with Crippen molar-refractivity contribution in [3.8, 4) is 0 Å². The summed E-state index contributed by atoms with van der Waals surface area (Å²) in [5.74, 6) is 2.53. The van der Waals surface area contributed by atoms with Crippen LogP contribution < -0.4 is 0 Å². The zero-order valence-electron chi connectivity index (χ0n) is 4.39. The summed E-state index contributed by atoms with van der Waals surface area (Å²) in [4.78, 5) is 2.12. The second-order valence-corrected chi connectivity index (χ2v) is 2.96. The molecule has 1 aliphatic rings. The van der Waals surface area contributed by atoms with E-state index >= 15 is 0 Å². The van der Waals surface area contributed by atoms with Gasteiger partial charge in [-0.05, 0) is 0 Å². The Morgan fingerprint density at radius 1 is 1.29 bits per heavy atom. The molecular weight excluding hydrogens is 106 g/mol. The molecule has 1 nitrogen and oxygen atoms in total. The standard InChI is InChI=1S/C5H10NS/c1-6-2-4-7-5-3-6/h1-5H2. The molecule has 0 spiro atoms. The van der Waals surface area contributed by atoms with E-state index in [-0.39, 0.29) is 0 Å². The number of thioether (sulfide) groups is 1. The van der Waals surface area contributed by atoms with Crippen LogP contribution in [0.15, 0.2) is 0 Å². The maximum absolute atomic E-state index is 3.82. The van der Waals surface area contributed by atoms with Gasteiger partial charge in [-0.1, -0.05) is 0 Å². The molecule has 1 heterocycles. The highest BCUT2D eigenvalue weighted by Crippen LogP contribution is 2.06. The molecule has 0 bridgehead atoms. The molecular formula is C5H10NS. The van der Waals surface area contributed by atoms with Crippen LogP contribution in [0.4, 0.5) is 0 Å². The summed E-state index contributed by atoms with van der Waals surface area (Å²) in [6.45, 7) is 2.34. The highest BCUT2D eigenvalue weighted by molar-refractivity contribution is 7.99. The van der Waals surface area contributed by atoms with Crippen LogP contribution in [-0.4, -0.2) is 29.5 Å². The van der Waals surface area contributed by atoms with Crippen molar-refractivity contribution in [3.05, 3.63) is 7.05 Å². The van der Waals surface area contributed by atoms with Crippen molar-refractivity contribution in [2.45, 2.75) is 0 Å². The Kier molecular flexibility index (Phi) is 2.00. The van der Waals surface area contributed by atoms with Crippen LogP contribution in [0.25, 0.3) is 0 Å². The summed E-state index contributed by atoms with van der Waals surface area (Å²) in [6, 6.07) is 0. The van der Waals surface area contributed by atoms with Crippen LogP contribution in [0.2, 0.25) is 0 Å². The van der Waals surface area contributed by atoms with Gasteiger partial charge in [-0.2, -0.15) is 11.8 Å². The first-order valence-corrected chi connectivity index (χ1v) is 3.68. The van der Waals surface area contributed by atoms with Gasteiger partial charge in [0.2, 0.25) is 0 Å². The third-order valence-corrected chi connectivity index (χ3v) is 2.05. The molecule has 0 N–H and O–H groups in total. The zero-order valence-corrected chi connectivity index (χ0v) is 5.21. The molecule has 0 unspecified atom stereocenters. The third kappa shape index (κ3) is 1.70. The molecule has 0 aliphatic carbocycles. The smallest absolute Gasteiger partial charge is 0.0110 e. The van der Waals surface area contributed by atoms with Gasteiger partial charge in [-0.15, -0.1) is 0 Å². The van der Waals surface area contributed by atoms with Crippen molar-refractivity contribution in [2.24, 2.45) is 0 Å². The predicted octanol–water partition coefficient (Wildman–Crippen LogP) is 0.827. The van der Waals surface area contributed by atoms with Crippen molar-refractivity contribution < 1.29 is 0 Å². The quantitative estimate of drug-likeness (QED) is 0.461. The van der Waals surface area contributed by atoms with Gasteiger partial charge < -0.3 is 4.90 Å². The molecule has 0 aromatic rings. The van der Waals surface area contributed by atoms with E-state index in [0.29, 0.717) is 0 Å². The van der Waals surface area contributed by atoms with E-state index in [4.69, 9.17) is 0 Å². The van der Waals surface area contributed by atoms with Gasteiger partial charge in [-0.3, -0.25) is 0 Å². The molecule has 1 radical (unpaired) electrons. The average Bonchev–Trinajstić information content (AvgIpc) is 1.69. The number of rotatable bonds is 0. The van der Waals surface area contributed by atoms with Gasteiger partial charge in [0.25, 0.3) is 0 Å². The summed E-state index contributed by atoms with van der Waals surface area (Å²) in [5.41, 5.74) is 0. The fourth-order valence-corrected chi connectivity index (χ4v) is 1.58. The second kappa shape index (κ2) is 2.58.